The third kappa shape index (κ3) is 1.87. The number of anilines is 1. The van der Waals surface area contributed by atoms with Crippen LogP contribution in [0.3, 0.4) is 0 Å². The normalized spacial score (nSPS) is 10.9. The third-order valence-corrected chi connectivity index (χ3v) is 1.35. The van der Waals surface area contributed by atoms with E-state index in [-0.39, 0.29) is 5.82 Å². The topological polar surface area (TPSA) is 62.7 Å². The molecule has 1 aromatic heterocycles. The molecule has 13 heavy (non-hydrogen) atoms. The highest BCUT2D eigenvalue weighted by molar-refractivity contribution is 5.45. The smallest absolute Gasteiger partial charge is 0.384 e. The standard InChI is InChI=1S/C7H4F3N3/c8-7(9,10)5-3-13-6(12)1-4(5)2-11/h1,3H,(H2,12,13). The largest absolute Gasteiger partial charge is 0.419 e. The van der Waals surface area contributed by atoms with Crippen LogP contribution in [0.25, 0.3) is 0 Å². The van der Waals surface area contributed by atoms with Crippen LogP contribution in [-0.4, -0.2) is 4.98 Å². The molecule has 0 spiro atoms. The van der Waals surface area contributed by atoms with Gasteiger partial charge in [-0.25, -0.2) is 4.98 Å². The number of nitrogens with zero attached hydrogens (tertiary/aromatic N) is 2. The van der Waals surface area contributed by atoms with Crippen molar-refractivity contribution in [1.82, 2.24) is 4.98 Å². The number of pyridine rings is 1. The molecule has 6 heteroatoms. The lowest BCUT2D eigenvalue weighted by Crippen LogP contribution is -2.09. The summed E-state index contributed by atoms with van der Waals surface area (Å²) < 4.78 is 36.4. The Hall–Kier alpha value is -1.77. The second-order valence-electron chi connectivity index (χ2n) is 2.26. The van der Waals surface area contributed by atoms with E-state index >= 15 is 0 Å². The van der Waals surface area contributed by atoms with E-state index < -0.39 is 17.3 Å². The van der Waals surface area contributed by atoms with E-state index in [1.807, 2.05) is 0 Å². The summed E-state index contributed by atoms with van der Waals surface area (Å²) in [4.78, 5) is 3.26. The predicted octanol–water partition coefficient (Wildman–Crippen LogP) is 1.55. The highest BCUT2D eigenvalue weighted by Gasteiger charge is 2.34. The molecule has 0 unspecified atom stereocenters. The number of nitriles is 1. The number of alkyl halides is 3. The third-order valence-electron chi connectivity index (χ3n) is 1.35. The number of halogens is 3. The van der Waals surface area contributed by atoms with Gasteiger partial charge in [0, 0.05) is 6.20 Å². The molecule has 0 saturated carbocycles. The van der Waals surface area contributed by atoms with Crippen LogP contribution in [0.4, 0.5) is 19.0 Å². The molecule has 0 aromatic carbocycles. The molecule has 1 heterocycles. The fraction of sp³-hybridized carbons (Fsp3) is 0.143. The summed E-state index contributed by atoms with van der Waals surface area (Å²) in [5.74, 6) is -0.107. The summed E-state index contributed by atoms with van der Waals surface area (Å²) in [5.41, 5.74) is 3.54. The summed E-state index contributed by atoms with van der Waals surface area (Å²) in [7, 11) is 0. The Bertz CT molecular complexity index is 364. The fourth-order valence-corrected chi connectivity index (χ4v) is 0.790. The van der Waals surface area contributed by atoms with Crippen molar-refractivity contribution in [2.45, 2.75) is 6.18 Å². The van der Waals surface area contributed by atoms with Crippen LogP contribution in [0.2, 0.25) is 0 Å². The second-order valence-corrected chi connectivity index (χ2v) is 2.26. The Morgan fingerprint density at radius 3 is 2.54 bits per heavy atom. The van der Waals surface area contributed by atoms with Crippen molar-refractivity contribution >= 4 is 5.82 Å². The lowest BCUT2D eigenvalue weighted by atomic mass is 10.1. The van der Waals surface area contributed by atoms with Gasteiger partial charge in [-0.05, 0) is 6.07 Å². The van der Waals surface area contributed by atoms with Crippen LogP contribution in [-0.2, 0) is 6.18 Å². The molecule has 1 rings (SSSR count). The maximum atomic E-state index is 12.1. The van der Waals surface area contributed by atoms with Gasteiger partial charge in [0.1, 0.15) is 5.82 Å². The van der Waals surface area contributed by atoms with E-state index in [1.165, 1.54) is 6.07 Å². The van der Waals surface area contributed by atoms with Crippen molar-refractivity contribution in [2.24, 2.45) is 0 Å². The van der Waals surface area contributed by atoms with Crippen LogP contribution >= 0.6 is 0 Å². The molecule has 1 aromatic rings. The van der Waals surface area contributed by atoms with Gasteiger partial charge >= 0.3 is 6.18 Å². The molecule has 0 saturated heterocycles. The van der Waals surface area contributed by atoms with E-state index in [1.54, 1.807) is 0 Å². The highest BCUT2D eigenvalue weighted by Crippen LogP contribution is 2.31. The zero-order valence-electron chi connectivity index (χ0n) is 6.26. The van der Waals surface area contributed by atoms with Crippen molar-refractivity contribution in [1.29, 1.82) is 5.26 Å². The van der Waals surface area contributed by atoms with Gasteiger partial charge in [-0.15, -0.1) is 0 Å². The van der Waals surface area contributed by atoms with Crippen molar-refractivity contribution in [3.8, 4) is 6.07 Å². The van der Waals surface area contributed by atoms with Gasteiger partial charge < -0.3 is 5.73 Å². The SMILES string of the molecule is N#Cc1cc(N)ncc1C(F)(F)F. The minimum Gasteiger partial charge on any atom is -0.384 e. The summed E-state index contributed by atoms with van der Waals surface area (Å²) in [6.07, 6.45) is -4.01. The Morgan fingerprint density at radius 2 is 2.08 bits per heavy atom. The van der Waals surface area contributed by atoms with E-state index in [0.717, 1.165) is 6.07 Å². The molecule has 0 aliphatic carbocycles. The van der Waals surface area contributed by atoms with E-state index in [9.17, 15) is 13.2 Å². The summed E-state index contributed by atoms with van der Waals surface area (Å²) in [6, 6.07) is 2.29. The second kappa shape index (κ2) is 2.94. The van der Waals surface area contributed by atoms with Gasteiger partial charge in [-0.1, -0.05) is 0 Å². The monoisotopic (exact) mass is 187 g/mol. The number of rotatable bonds is 0. The first-order valence-electron chi connectivity index (χ1n) is 3.18. The zero-order valence-corrected chi connectivity index (χ0v) is 6.26. The number of aromatic nitrogens is 1. The molecule has 68 valence electrons. The van der Waals surface area contributed by atoms with Crippen molar-refractivity contribution in [2.75, 3.05) is 5.73 Å². The first-order valence-corrected chi connectivity index (χ1v) is 3.18. The van der Waals surface area contributed by atoms with Crippen LogP contribution in [0, 0.1) is 11.3 Å². The number of hydrogen-bond acceptors (Lipinski definition) is 3. The molecule has 0 fully saturated rings. The highest BCUT2D eigenvalue weighted by atomic mass is 19.4. The molecule has 0 bridgehead atoms. The van der Waals surface area contributed by atoms with Crippen molar-refractivity contribution in [3.63, 3.8) is 0 Å². The van der Waals surface area contributed by atoms with Crippen LogP contribution < -0.4 is 5.73 Å². The molecule has 0 atom stereocenters. The van der Waals surface area contributed by atoms with Gasteiger partial charge in [0.2, 0.25) is 0 Å². The van der Waals surface area contributed by atoms with Gasteiger partial charge in [-0.2, -0.15) is 18.4 Å². The Labute approximate surface area is 71.6 Å². The van der Waals surface area contributed by atoms with Crippen LogP contribution in [0.5, 0.6) is 0 Å². The Morgan fingerprint density at radius 1 is 1.46 bits per heavy atom. The van der Waals surface area contributed by atoms with Crippen LogP contribution in [0.1, 0.15) is 11.1 Å². The molecule has 0 radical (unpaired) electrons. The average molecular weight is 187 g/mol. The van der Waals surface area contributed by atoms with E-state index in [2.05, 4.69) is 4.98 Å². The Kier molecular flexibility index (Phi) is 2.10. The minimum absolute atomic E-state index is 0.107. The van der Waals surface area contributed by atoms with Gasteiger partial charge in [0.05, 0.1) is 17.2 Å². The Balaban J connectivity index is 3.32. The van der Waals surface area contributed by atoms with Crippen molar-refractivity contribution in [3.05, 3.63) is 23.4 Å². The van der Waals surface area contributed by atoms with Crippen molar-refractivity contribution < 1.29 is 13.2 Å². The van der Waals surface area contributed by atoms with E-state index in [0.29, 0.717) is 6.20 Å². The number of nitrogen functional groups attached to an aromatic ring is 1. The van der Waals surface area contributed by atoms with Crippen LogP contribution in [0.15, 0.2) is 12.3 Å². The zero-order chi connectivity index (χ0) is 10.1. The predicted molar refractivity (Wildman–Crippen MR) is 38.4 cm³/mol. The van der Waals surface area contributed by atoms with Gasteiger partial charge in [0.15, 0.2) is 0 Å². The summed E-state index contributed by atoms with van der Waals surface area (Å²) in [5, 5.41) is 8.37. The quantitative estimate of drug-likeness (QED) is 0.670. The molecule has 3 nitrogen and oxygen atoms in total. The lowest BCUT2D eigenvalue weighted by molar-refractivity contribution is -0.138. The molecule has 0 amide bonds. The summed E-state index contributed by atoms with van der Waals surface area (Å²) >= 11 is 0. The summed E-state index contributed by atoms with van der Waals surface area (Å²) in [6.45, 7) is 0. The molecule has 0 aliphatic heterocycles. The fourth-order valence-electron chi connectivity index (χ4n) is 0.790. The van der Waals surface area contributed by atoms with E-state index in [4.69, 9.17) is 11.0 Å². The molecule has 2 N–H and O–H groups in total. The van der Waals surface area contributed by atoms with Gasteiger partial charge in [-0.3, -0.25) is 0 Å². The first kappa shape index (κ1) is 9.32. The average Bonchev–Trinajstić information content (AvgIpc) is 2.01. The minimum atomic E-state index is -4.56. The lowest BCUT2D eigenvalue weighted by Gasteiger charge is -2.07. The number of hydrogen-bond donors (Lipinski definition) is 1. The molecular formula is C7H4F3N3. The maximum absolute atomic E-state index is 12.1. The first-order chi connectivity index (χ1) is 5.95. The van der Waals surface area contributed by atoms with Gasteiger partial charge in [0.25, 0.3) is 0 Å². The molecule has 0 aliphatic rings. The maximum Gasteiger partial charge on any atom is 0.419 e. The molecular weight excluding hydrogens is 183 g/mol. The number of nitrogens with two attached hydrogens (primary N) is 1.